The number of fused-ring (bicyclic) bond motifs is 1. The molecule has 0 aliphatic rings. The normalized spacial score (nSPS) is 11.0. The van der Waals surface area contributed by atoms with Gasteiger partial charge in [0.15, 0.2) is 0 Å². The van der Waals surface area contributed by atoms with Crippen molar-refractivity contribution in [2.75, 3.05) is 0 Å². The van der Waals surface area contributed by atoms with Gasteiger partial charge >= 0.3 is 0 Å². The van der Waals surface area contributed by atoms with Crippen molar-refractivity contribution in [3.8, 4) is 0 Å². The highest BCUT2D eigenvalue weighted by atomic mass is 35.5. The summed E-state index contributed by atoms with van der Waals surface area (Å²) in [6.45, 7) is 0.663. The maximum atomic E-state index is 6.17. The number of rotatable bonds is 2. The van der Waals surface area contributed by atoms with Gasteiger partial charge in [0.1, 0.15) is 12.0 Å². The second-order valence-electron chi connectivity index (χ2n) is 3.98. The van der Waals surface area contributed by atoms with Crippen molar-refractivity contribution in [3.05, 3.63) is 58.6 Å². The minimum Gasteiger partial charge on any atom is -0.328 e. The molecule has 0 fully saturated rings. The Hall–Kier alpha value is -1.58. The highest BCUT2D eigenvalue weighted by Gasteiger charge is 2.06. The highest BCUT2D eigenvalue weighted by molar-refractivity contribution is 6.35. The molecule has 0 N–H and O–H groups in total. The van der Waals surface area contributed by atoms with Gasteiger partial charge in [-0.15, -0.1) is 0 Å². The third-order valence-electron chi connectivity index (χ3n) is 2.78. The van der Waals surface area contributed by atoms with Gasteiger partial charge in [-0.1, -0.05) is 29.3 Å². The minimum absolute atomic E-state index is 0.642. The molecule has 0 unspecified atom stereocenters. The molecule has 1 aromatic carbocycles. The van der Waals surface area contributed by atoms with Gasteiger partial charge in [0.2, 0.25) is 0 Å². The summed E-state index contributed by atoms with van der Waals surface area (Å²) in [5, 5.41) is 2.32. The second-order valence-corrected chi connectivity index (χ2v) is 4.82. The Bertz CT molecular complexity index is 706. The van der Waals surface area contributed by atoms with Gasteiger partial charge in [0, 0.05) is 27.8 Å². The maximum absolute atomic E-state index is 6.17. The van der Waals surface area contributed by atoms with Crippen LogP contribution >= 0.6 is 23.2 Å². The molecule has 0 aliphatic heterocycles. The van der Waals surface area contributed by atoms with E-state index in [9.17, 15) is 0 Å². The molecule has 0 bridgehead atoms. The van der Waals surface area contributed by atoms with E-state index in [-0.39, 0.29) is 0 Å². The van der Waals surface area contributed by atoms with Gasteiger partial charge in [-0.3, -0.25) is 0 Å². The predicted octanol–water partition coefficient (Wildman–Crippen LogP) is 3.79. The zero-order valence-corrected chi connectivity index (χ0v) is 10.9. The first kappa shape index (κ1) is 11.5. The summed E-state index contributed by atoms with van der Waals surface area (Å²) >= 11 is 12.0. The summed E-state index contributed by atoms with van der Waals surface area (Å²) < 4.78 is 2.03. The molecule has 0 amide bonds. The molecule has 0 aliphatic carbocycles. The molecule has 0 atom stereocenters. The summed E-state index contributed by atoms with van der Waals surface area (Å²) in [7, 11) is 0. The van der Waals surface area contributed by atoms with Crippen LogP contribution in [-0.2, 0) is 6.54 Å². The number of nitrogens with zero attached hydrogens (tertiary/aromatic N) is 3. The Morgan fingerprint density at radius 3 is 2.89 bits per heavy atom. The maximum Gasteiger partial charge on any atom is 0.143 e. The summed E-state index contributed by atoms with van der Waals surface area (Å²) in [5.74, 6) is 0. The third kappa shape index (κ3) is 2.07. The molecular weight excluding hydrogens is 269 g/mol. The quantitative estimate of drug-likeness (QED) is 0.714. The molecule has 3 nitrogen and oxygen atoms in total. The van der Waals surface area contributed by atoms with Gasteiger partial charge in [-0.25, -0.2) is 9.97 Å². The SMILES string of the molecule is Clc1ccc(Cn2ccc3cncnc32)c(Cl)c1. The van der Waals surface area contributed by atoms with E-state index in [4.69, 9.17) is 23.2 Å². The van der Waals surface area contributed by atoms with E-state index in [1.54, 1.807) is 18.6 Å². The molecule has 0 radical (unpaired) electrons. The number of hydrogen-bond donors (Lipinski definition) is 0. The molecule has 3 aromatic rings. The molecular formula is C13H9Cl2N3. The lowest BCUT2D eigenvalue weighted by Crippen LogP contribution is -1.99. The summed E-state index contributed by atoms with van der Waals surface area (Å²) in [6.07, 6.45) is 5.31. The zero-order valence-electron chi connectivity index (χ0n) is 9.35. The van der Waals surface area contributed by atoms with Crippen LogP contribution in [0.5, 0.6) is 0 Å². The van der Waals surface area contributed by atoms with Crippen molar-refractivity contribution < 1.29 is 0 Å². The lowest BCUT2D eigenvalue weighted by molar-refractivity contribution is 0.824. The number of hydrogen-bond acceptors (Lipinski definition) is 2. The van der Waals surface area contributed by atoms with Crippen LogP contribution in [0.1, 0.15) is 5.56 Å². The summed E-state index contributed by atoms with van der Waals surface area (Å²) in [6, 6.07) is 7.50. The Morgan fingerprint density at radius 1 is 1.17 bits per heavy atom. The first-order chi connectivity index (χ1) is 8.74. The van der Waals surface area contributed by atoms with Crippen LogP contribution in [0.4, 0.5) is 0 Å². The lowest BCUT2D eigenvalue weighted by atomic mass is 10.2. The van der Waals surface area contributed by atoms with Gasteiger partial charge in [-0.05, 0) is 23.8 Å². The highest BCUT2D eigenvalue weighted by Crippen LogP contribution is 2.23. The van der Waals surface area contributed by atoms with Crippen LogP contribution < -0.4 is 0 Å². The Kier molecular flexibility index (Phi) is 2.94. The smallest absolute Gasteiger partial charge is 0.143 e. The van der Waals surface area contributed by atoms with Crippen molar-refractivity contribution in [1.82, 2.24) is 14.5 Å². The zero-order chi connectivity index (χ0) is 12.5. The molecule has 0 saturated heterocycles. The van der Waals surface area contributed by atoms with Gasteiger partial charge < -0.3 is 4.57 Å². The van der Waals surface area contributed by atoms with Crippen molar-refractivity contribution in [1.29, 1.82) is 0 Å². The molecule has 18 heavy (non-hydrogen) atoms. The largest absolute Gasteiger partial charge is 0.328 e. The van der Waals surface area contributed by atoms with Crippen molar-refractivity contribution >= 4 is 34.2 Å². The Morgan fingerprint density at radius 2 is 2.06 bits per heavy atom. The average Bonchev–Trinajstić information content (AvgIpc) is 2.76. The monoisotopic (exact) mass is 277 g/mol. The molecule has 2 aromatic heterocycles. The fourth-order valence-corrected chi connectivity index (χ4v) is 2.36. The molecule has 5 heteroatoms. The number of halogens is 2. The standard InChI is InChI=1S/C13H9Cl2N3/c14-11-2-1-10(12(15)5-11)7-18-4-3-9-6-16-8-17-13(9)18/h1-6,8H,7H2. The number of aromatic nitrogens is 3. The predicted molar refractivity (Wildman–Crippen MR) is 73.1 cm³/mol. The fraction of sp³-hybridized carbons (Fsp3) is 0.0769. The lowest BCUT2D eigenvalue weighted by Gasteiger charge is -2.07. The van der Waals surface area contributed by atoms with Gasteiger partial charge in [0.05, 0.1) is 6.54 Å². The molecule has 90 valence electrons. The van der Waals surface area contributed by atoms with Crippen LogP contribution in [0.3, 0.4) is 0 Å². The van der Waals surface area contributed by atoms with E-state index in [2.05, 4.69) is 9.97 Å². The fourth-order valence-electron chi connectivity index (χ4n) is 1.89. The Labute approximate surface area is 114 Å². The average molecular weight is 278 g/mol. The van der Waals surface area contributed by atoms with Crippen LogP contribution in [0.25, 0.3) is 11.0 Å². The molecule has 0 saturated carbocycles. The molecule has 0 spiro atoms. The van der Waals surface area contributed by atoms with Crippen molar-refractivity contribution in [2.24, 2.45) is 0 Å². The first-order valence-electron chi connectivity index (χ1n) is 5.43. The Balaban J connectivity index is 2.01. The summed E-state index contributed by atoms with van der Waals surface area (Å²) in [4.78, 5) is 8.26. The van der Waals surface area contributed by atoms with Crippen molar-refractivity contribution in [2.45, 2.75) is 6.54 Å². The third-order valence-corrected chi connectivity index (χ3v) is 3.37. The van der Waals surface area contributed by atoms with Crippen LogP contribution in [0, 0.1) is 0 Å². The molecule has 2 heterocycles. The molecule has 3 rings (SSSR count). The summed E-state index contributed by atoms with van der Waals surface area (Å²) in [5.41, 5.74) is 1.91. The van der Waals surface area contributed by atoms with Gasteiger partial charge in [-0.2, -0.15) is 0 Å². The van der Waals surface area contributed by atoms with Crippen LogP contribution in [-0.4, -0.2) is 14.5 Å². The minimum atomic E-state index is 0.642. The number of benzene rings is 1. The van der Waals surface area contributed by atoms with Crippen LogP contribution in [0.2, 0.25) is 10.0 Å². The van der Waals surface area contributed by atoms with Gasteiger partial charge in [0.25, 0.3) is 0 Å². The van der Waals surface area contributed by atoms with Crippen molar-refractivity contribution in [3.63, 3.8) is 0 Å². The first-order valence-corrected chi connectivity index (χ1v) is 6.18. The van der Waals surface area contributed by atoms with E-state index >= 15 is 0 Å². The second kappa shape index (κ2) is 4.59. The van der Waals surface area contributed by atoms with E-state index in [1.165, 1.54) is 0 Å². The van der Waals surface area contributed by atoms with E-state index < -0.39 is 0 Å². The van der Waals surface area contributed by atoms with E-state index in [0.29, 0.717) is 16.6 Å². The van der Waals surface area contributed by atoms with Crippen LogP contribution in [0.15, 0.2) is 43.0 Å². The van der Waals surface area contributed by atoms with E-state index in [1.807, 2.05) is 29.0 Å². The van der Waals surface area contributed by atoms with E-state index in [0.717, 1.165) is 16.6 Å². The topological polar surface area (TPSA) is 30.7 Å².